The lowest BCUT2D eigenvalue weighted by atomic mass is 10.0. The molecule has 2 aromatic rings. The molecule has 122 valence electrons. The van der Waals surface area contributed by atoms with Crippen LogP contribution in [-0.2, 0) is 11.3 Å². The fraction of sp³-hybridized carbons (Fsp3) is 0.400. The summed E-state index contributed by atoms with van der Waals surface area (Å²) in [7, 11) is 0. The van der Waals surface area contributed by atoms with Crippen molar-refractivity contribution in [3.63, 3.8) is 0 Å². The van der Waals surface area contributed by atoms with E-state index in [9.17, 15) is 9.59 Å². The van der Waals surface area contributed by atoms with Crippen molar-refractivity contribution in [1.82, 2.24) is 15.1 Å². The number of carboxylic acid groups (broad SMARTS) is 1. The van der Waals surface area contributed by atoms with Crippen LogP contribution in [0.15, 0.2) is 23.8 Å². The van der Waals surface area contributed by atoms with Gasteiger partial charge in [-0.2, -0.15) is 5.10 Å². The van der Waals surface area contributed by atoms with E-state index in [2.05, 4.69) is 10.4 Å². The second kappa shape index (κ2) is 6.93. The minimum Gasteiger partial charge on any atom is -0.477 e. The third-order valence-electron chi connectivity index (χ3n) is 3.75. The Bertz CT molecular complexity index is 703. The topological polar surface area (TPSA) is 93.5 Å². The van der Waals surface area contributed by atoms with Gasteiger partial charge >= 0.3 is 5.97 Å². The van der Waals surface area contributed by atoms with Crippen LogP contribution in [0, 0.1) is 0 Å². The van der Waals surface area contributed by atoms with E-state index in [-0.39, 0.29) is 10.8 Å². The van der Waals surface area contributed by atoms with Crippen LogP contribution in [0.4, 0.5) is 0 Å². The van der Waals surface area contributed by atoms with Crippen LogP contribution >= 0.6 is 11.3 Å². The summed E-state index contributed by atoms with van der Waals surface area (Å²) in [5.41, 5.74) is 1.54. The summed E-state index contributed by atoms with van der Waals surface area (Å²) in [5.74, 6) is -0.877. The first kappa shape index (κ1) is 15.7. The Kier molecular flexibility index (Phi) is 4.73. The first-order chi connectivity index (χ1) is 11.1. The maximum absolute atomic E-state index is 11.9. The molecule has 3 heterocycles. The molecule has 1 saturated heterocycles. The van der Waals surface area contributed by atoms with Crippen molar-refractivity contribution >= 4 is 23.2 Å². The molecule has 1 aliphatic heterocycles. The number of carbonyl (C=O) groups excluding carboxylic acids is 1. The predicted octanol–water partition coefficient (Wildman–Crippen LogP) is 1.58. The van der Waals surface area contributed by atoms with Crippen molar-refractivity contribution in [2.24, 2.45) is 0 Å². The fourth-order valence-electron chi connectivity index (χ4n) is 2.46. The second-order valence-corrected chi connectivity index (χ2v) is 6.27. The maximum Gasteiger partial charge on any atom is 0.345 e. The summed E-state index contributed by atoms with van der Waals surface area (Å²) < 4.78 is 7.16. The summed E-state index contributed by atoms with van der Waals surface area (Å²) in [6.07, 6.45) is 4.85. The molecule has 0 spiro atoms. The Morgan fingerprint density at radius 2 is 2.39 bits per heavy atom. The number of carboxylic acids is 1. The summed E-state index contributed by atoms with van der Waals surface area (Å²) in [6, 6.07) is 1.38. The molecule has 7 nitrogen and oxygen atoms in total. The number of carbonyl (C=O) groups is 2. The third-order valence-corrected chi connectivity index (χ3v) is 4.67. The predicted molar refractivity (Wildman–Crippen MR) is 84.0 cm³/mol. The van der Waals surface area contributed by atoms with Gasteiger partial charge in [-0.05, 0) is 18.1 Å². The fourth-order valence-corrected chi connectivity index (χ4v) is 3.19. The number of rotatable bonds is 6. The van der Waals surface area contributed by atoms with E-state index in [1.807, 2.05) is 12.4 Å². The number of amides is 1. The average Bonchev–Trinajstić information content (AvgIpc) is 3.27. The van der Waals surface area contributed by atoms with Gasteiger partial charge in [0.15, 0.2) is 0 Å². The zero-order valence-corrected chi connectivity index (χ0v) is 13.2. The smallest absolute Gasteiger partial charge is 0.345 e. The minimum absolute atomic E-state index is 0.158. The highest BCUT2D eigenvalue weighted by atomic mass is 32.1. The number of nitrogens with one attached hydrogen (secondary N) is 1. The molecule has 2 aromatic heterocycles. The highest BCUT2D eigenvalue weighted by Crippen LogP contribution is 2.24. The molecular weight excluding hydrogens is 318 g/mol. The first-order valence-corrected chi connectivity index (χ1v) is 8.21. The molecule has 1 amide bonds. The van der Waals surface area contributed by atoms with E-state index < -0.39 is 5.97 Å². The van der Waals surface area contributed by atoms with Gasteiger partial charge in [0.1, 0.15) is 4.88 Å². The number of hydrogen-bond donors (Lipinski definition) is 2. The number of thiophene rings is 1. The molecule has 1 unspecified atom stereocenters. The van der Waals surface area contributed by atoms with Crippen molar-refractivity contribution in [3.05, 3.63) is 39.8 Å². The van der Waals surface area contributed by atoms with E-state index in [0.717, 1.165) is 36.5 Å². The molecule has 0 radical (unpaired) electrons. The molecule has 1 atom stereocenters. The van der Waals surface area contributed by atoms with Crippen molar-refractivity contribution in [2.45, 2.75) is 18.9 Å². The van der Waals surface area contributed by atoms with Gasteiger partial charge in [-0.1, -0.05) is 0 Å². The molecule has 0 aromatic carbocycles. The molecular formula is C15H17N3O4S. The number of nitrogens with zero attached hydrogens (tertiary/aromatic N) is 2. The first-order valence-electron chi connectivity index (χ1n) is 7.33. The van der Waals surface area contributed by atoms with Crippen LogP contribution in [0.25, 0.3) is 0 Å². The Morgan fingerprint density at radius 1 is 1.52 bits per heavy atom. The standard InChI is InChI=1S/C15H17N3O4S/c19-14(11-5-13(15(20)21)23-9-11)16-2-3-18-7-12(6-17-18)10-1-4-22-8-10/h5-7,9-10H,1-4,8H2,(H,16,19)(H,20,21). The SMILES string of the molecule is O=C(NCCn1cc(C2CCOC2)cn1)c1csc(C(=O)O)c1. The zero-order valence-electron chi connectivity index (χ0n) is 12.4. The largest absolute Gasteiger partial charge is 0.477 e. The van der Waals surface area contributed by atoms with Gasteiger partial charge in [0.05, 0.1) is 24.9 Å². The van der Waals surface area contributed by atoms with E-state index in [1.165, 1.54) is 6.07 Å². The molecule has 0 bridgehead atoms. The lowest BCUT2D eigenvalue weighted by molar-refractivity contribution is 0.0702. The summed E-state index contributed by atoms with van der Waals surface area (Å²) >= 11 is 1.04. The van der Waals surface area contributed by atoms with Crippen LogP contribution in [0.2, 0.25) is 0 Å². The molecule has 0 aliphatic carbocycles. The highest BCUT2D eigenvalue weighted by Gasteiger charge is 2.19. The Labute approximate surface area is 136 Å². The molecule has 1 fully saturated rings. The van der Waals surface area contributed by atoms with E-state index >= 15 is 0 Å². The molecule has 3 rings (SSSR count). The van der Waals surface area contributed by atoms with Gasteiger partial charge < -0.3 is 15.2 Å². The minimum atomic E-state index is -1.02. The molecule has 1 aliphatic rings. The van der Waals surface area contributed by atoms with Crippen molar-refractivity contribution in [1.29, 1.82) is 0 Å². The normalized spacial score (nSPS) is 17.3. The van der Waals surface area contributed by atoms with Crippen LogP contribution in [0.5, 0.6) is 0 Å². The van der Waals surface area contributed by atoms with Gasteiger partial charge in [-0.15, -0.1) is 11.3 Å². The van der Waals surface area contributed by atoms with Gasteiger partial charge in [0.25, 0.3) is 5.91 Å². The summed E-state index contributed by atoms with van der Waals surface area (Å²) in [6.45, 7) is 2.53. The van der Waals surface area contributed by atoms with E-state index in [1.54, 1.807) is 10.1 Å². The van der Waals surface area contributed by atoms with Gasteiger partial charge in [-0.3, -0.25) is 9.48 Å². The molecule has 0 saturated carbocycles. The van der Waals surface area contributed by atoms with Crippen molar-refractivity contribution in [3.8, 4) is 0 Å². The van der Waals surface area contributed by atoms with Gasteiger partial charge in [-0.25, -0.2) is 4.79 Å². The third kappa shape index (κ3) is 3.77. The number of aromatic nitrogens is 2. The highest BCUT2D eigenvalue weighted by molar-refractivity contribution is 7.12. The second-order valence-electron chi connectivity index (χ2n) is 5.36. The number of hydrogen-bond acceptors (Lipinski definition) is 5. The van der Waals surface area contributed by atoms with Gasteiger partial charge in [0.2, 0.25) is 0 Å². The Hall–Kier alpha value is -2.19. The lowest BCUT2D eigenvalue weighted by Crippen LogP contribution is -2.27. The van der Waals surface area contributed by atoms with Gasteiger partial charge in [0, 0.05) is 30.6 Å². The number of aromatic carboxylic acids is 1. The number of ether oxygens (including phenoxy) is 1. The van der Waals surface area contributed by atoms with Crippen LogP contribution in [0.1, 0.15) is 37.9 Å². The molecule has 8 heteroatoms. The van der Waals surface area contributed by atoms with Crippen LogP contribution < -0.4 is 5.32 Å². The lowest BCUT2D eigenvalue weighted by Gasteiger charge is -2.05. The quantitative estimate of drug-likeness (QED) is 0.836. The summed E-state index contributed by atoms with van der Waals surface area (Å²) in [4.78, 5) is 22.9. The van der Waals surface area contributed by atoms with Crippen molar-refractivity contribution in [2.75, 3.05) is 19.8 Å². The molecule has 23 heavy (non-hydrogen) atoms. The van der Waals surface area contributed by atoms with Crippen LogP contribution in [0.3, 0.4) is 0 Å². The summed E-state index contributed by atoms with van der Waals surface area (Å²) in [5, 5.41) is 17.5. The van der Waals surface area contributed by atoms with Crippen molar-refractivity contribution < 1.29 is 19.4 Å². The average molecular weight is 335 g/mol. The maximum atomic E-state index is 11.9. The van der Waals surface area contributed by atoms with Crippen LogP contribution in [-0.4, -0.2) is 46.5 Å². The van der Waals surface area contributed by atoms with E-state index in [4.69, 9.17) is 9.84 Å². The monoisotopic (exact) mass is 335 g/mol. The Morgan fingerprint density at radius 3 is 3.09 bits per heavy atom. The Balaban J connectivity index is 1.48. The van der Waals surface area contributed by atoms with E-state index in [0.29, 0.717) is 24.6 Å². The zero-order chi connectivity index (χ0) is 16.2. The molecule has 2 N–H and O–H groups in total.